The summed E-state index contributed by atoms with van der Waals surface area (Å²) < 4.78 is 27.0. The molecule has 8 N–H and O–H groups in total. The van der Waals surface area contributed by atoms with Crippen molar-refractivity contribution in [2.75, 3.05) is 38.5 Å². The van der Waals surface area contributed by atoms with Crippen LogP contribution in [0.15, 0.2) is 23.1 Å². The van der Waals surface area contributed by atoms with E-state index >= 15 is 0 Å². The standard InChI is InChI=1S/C22H47N3O.C19H29N7O2S/c1-2-3-4-5-6-7-8-9-10-11-12-13-14-17-20-25-22(26)21(24)18-15-16-19-23;1-20-29(27,28)16-9-10-18(22-14-6-3-2-4-7-14)17(12-16)19-23-25-26(24-19)15-8-5-11-21-13-15/h21H,2-20,23-24H2,1H3,(H,25,26);9-10,12,14-15,20-22H,2-8,11,13H2,1H3/t21-;/m0./s1. The molecule has 0 bridgehead atoms. The van der Waals surface area contributed by atoms with Gasteiger partial charge in [-0.15, -0.1) is 10.2 Å². The van der Waals surface area contributed by atoms with Crippen LogP contribution in [0.5, 0.6) is 0 Å². The van der Waals surface area contributed by atoms with Crippen LogP contribution in [-0.2, 0) is 14.8 Å². The topological polar surface area (TPSA) is 195 Å². The lowest BCUT2D eigenvalue weighted by molar-refractivity contribution is -0.122. The molecule has 13 nitrogen and oxygen atoms in total. The lowest BCUT2D eigenvalue weighted by Gasteiger charge is -2.25. The average Bonchev–Trinajstić information content (AvgIpc) is 3.71. The number of unbranched alkanes of at least 4 members (excludes halogenated alkanes) is 14. The molecule has 1 unspecified atom stereocenters. The van der Waals surface area contributed by atoms with E-state index in [1.165, 1.54) is 110 Å². The second kappa shape index (κ2) is 27.9. The number of amides is 1. The number of carbonyl (C=O) groups excluding carboxylic acids is 1. The minimum absolute atomic E-state index is 0.00304. The molecule has 1 amide bonds. The van der Waals surface area contributed by atoms with Crippen LogP contribution < -0.4 is 32.1 Å². The van der Waals surface area contributed by atoms with Gasteiger partial charge in [-0.3, -0.25) is 4.79 Å². The van der Waals surface area contributed by atoms with E-state index in [0.29, 0.717) is 24.0 Å². The molecule has 1 saturated heterocycles. The Morgan fingerprint density at radius 2 is 1.55 bits per heavy atom. The molecule has 0 radical (unpaired) electrons. The molecule has 0 spiro atoms. The van der Waals surface area contributed by atoms with Crippen molar-refractivity contribution in [3.8, 4) is 11.4 Å². The largest absolute Gasteiger partial charge is 0.382 e. The third-order valence-corrected chi connectivity index (χ3v) is 12.3. The van der Waals surface area contributed by atoms with Gasteiger partial charge in [0.2, 0.25) is 21.8 Å². The number of piperidine rings is 1. The van der Waals surface area contributed by atoms with E-state index in [0.717, 1.165) is 76.7 Å². The summed E-state index contributed by atoms with van der Waals surface area (Å²) in [5.74, 6) is 0.443. The number of rotatable bonds is 26. The van der Waals surface area contributed by atoms with Crippen molar-refractivity contribution in [2.24, 2.45) is 11.5 Å². The number of nitrogens with zero attached hydrogens (tertiary/aromatic N) is 4. The predicted molar refractivity (Wildman–Crippen MR) is 225 cm³/mol. The average molecular weight is 789 g/mol. The lowest BCUT2D eigenvalue weighted by atomic mass is 9.95. The van der Waals surface area contributed by atoms with Crippen LogP contribution in [0.3, 0.4) is 0 Å². The van der Waals surface area contributed by atoms with Crippen molar-refractivity contribution in [3.05, 3.63) is 18.2 Å². The molecule has 1 aliphatic heterocycles. The first-order valence-electron chi connectivity index (χ1n) is 21.9. The quantitative estimate of drug-likeness (QED) is 0.0543. The number of tetrazole rings is 1. The van der Waals surface area contributed by atoms with Crippen LogP contribution in [-0.4, -0.2) is 79.8 Å². The maximum Gasteiger partial charge on any atom is 0.240 e. The van der Waals surface area contributed by atoms with E-state index in [9.17, 15) is 13.2 Å². The second-order valence-corrected chi connectivity index (χ2v) is 17.5. The highest BCUT2D eigenvalue weighted by Crippen LogP contribution is 2.31. The molecule has 1 aromatic heterocycles. The van der Waals surface area contributed by atoms with Gasteiger partial charge in [0.05, 0.1) is 17.0 Å². The number of hydrogen-bond acceptors (Lipinski definition) is 10. The third kappa shape index (κ3) is 18.4. The van der Waals surface area contributed by atoms with Crippen molar-refractivity contribution in [1.82, 2.24) is 35.6 Å². The van der Waals surface area contributed by atoms with Gasteiger partial charge < -0.3 is 27.4 Å². The Kier molecular flexibility index (Phi) is 23.7. The van der Waals surface area contributed by atoms with Gasteiger partial charge in [0, 0.05) is 30.4 Å². The van der Waals surface area contributed by atoms with Gasteiger partial charge >= 0.3 is 0 Å². The molecule has 2 fully saturated rings. The predicted octanol–water partition coefficient (Wildman–Crippen LogP) is 6.96. The molecule has 1 aromatic carbocycles. The first kappa shape index (κ1) is 46.7. The number of aromatic nitrogens is 4. The van der Waals surface area contributed by atoms with Crippen molar-refractivity contribution in [1.29, 1.82) is 0 Å². The number of nitrogens with two attached hydrogens (primary N) is 2. The Hall–Kier alpha value is -2.65. The van der Waals surface area contributed by atoms with Gasteiger partial charge in [-0.25, -0.2) is 13.1 Å². The summed E-state index contributed by atoms with van der Waals surface area (Å²) in [5, 5.41) is 23.0. The first-order valence-corrected chi connectivity index (χ1v) is 23.4. The van der Waals surface area contributed by atoms with E-state index in [-0.39, 0.29) is 22.9 Å². The Labute approximate surface area is 333 Å². The van der Waals surface area contributed by atoms with Crippen LogP contribution in [0.25, 0.3) is 11.4 Å². The number of anilines is 1. The Morgan fingerprint density at radius 1 is 0.891 bits per heavy atom. The Bertz CT molecular complexity index is 1410. The van der Waals surface area contributed by atoms with Gasteiger partial charge in [-0.1, -0.05) is 116 Å². The molecule has 1 saturated carbocycles. The lowest BCUT2D eigenvalue weighted by Crippen LogP contribution is -2.40. The van der Waals surface area contributed by atoms with E-state index in [4.69, 9.17) is 11.5 Å². The maximum atomic E-state index is 12.3. The van der Waals surface area contributed by atoms with Gasteiger partial charge in [0.15, 0.2) is 0 Å². The molecule has 1 aliphatic carbocycles. The molecule has 2 aromatic rings. The fourth-order valence-electron chi connectivity index (χ4n) is 7.41. The highest BCUT2D eigenvalue weighted by Gasteiger charge is 2.23. The zero-order chi connectivity index (χ0) is 39.6. The van der Waals surface area contributed by atoms with Crippen molar-refractivity contribution < 1.29 is 13.2 Å². The Balaban J connectivity index is 0.000000298. The minimum atomic E-state index is -3.56. The summed E-state index contributed by atoms with van der Waals surface area (Å²) in [6, 6.07) is 5.26. The van der Waals surface area contributed by atoms with Crippen LogP contribution in [0, 0.1) is 0 Å². The number of benzene rings is 1. The summed E-state index contributed by atoms with van der Waals surface area (Å²) in [7, 11) is -2.15. The highest BCUT2D eigenvalue weighted by atomic mass is 32.2. The highest BCUT2D eigenvalue weighted by molar-refractivity contribution is 7.89. The molecule has 55 heavy (non-hydrogen) atoms. The van der Waals surface area contributed by atoms with Crippen LogP contribution in [0.2, 0.25) is 0 Å². The molecule has 2 heterocycles. The normalized spacial score (nSPS) is 17.0. The van der Waals surface area contributed by atoms with Gasteiger partial charge in [0.25, 0.3) is 0 Å². The van der Waals surface area contributed by atoms with E-state index in [1.54, 1.807) is 16.9 Å². The second-order valence-electron chi connectivity index (χ2n) is 15.6. The summed E-state index contributed by atoms with van der Waals surface area (Å²) >= 11 is 0. The summed E-state index contributed by atoms with van der Waals surface area (Å²) in [6.45, 7) is 5.54. The zero-order valence-corrected chi connectivity index (χ0v) is 35.2. The number of sulfonamides is 1. The van der Waals surface area contributed by atoms with E-state index in [1.807, 2.05) is 6.07 Å². The van der Waals surface area contributed by atoms with Crippen LogP contribution >= 0.6 is 0 Å². The van der Waals surface area contributed by atoms with Crippen molar-refractivity contribution in [3.63, 3.8) is 0 Å². The fourth-order valence-corrected chi connectivity index (χ4v) is 8.16. The fraction of sp³-hybridized carbons (Fsp3) is 0.805. The zero-order valence-electron chi connectivity index (χ0n) is 34.3. The number of nitrogens with one attached hydrogen (secondary N) is 4. The Morgan fingerprint density at radius 3 is 2.15 bits per heavy atom. The minimum Gasteiger partial charge on any atom is -0.382 e. The molecule has 14 heteroatoms. The molecular formula is C41H76N10O3S. The number of carbonyl (C=O) groups is 1. The maximum absolute atomic E-state index is 12.3. The summed E-state index contributed by atoms with van der Waals surface area (Å²) in [5.41, 5.74) is 12.8. The number of hydrogen-bond donors (Lipinski definition) is 6. The summed E-state index contributed by atoms with van der Waals surface area (Å²) in [6.07, 6.45) is 29.6. The van der Waals surface area contributed by atoms with Crippen LogP contribution in [0.1, 0.15) is 167 Å². The van der Waals surface area contributed by atoms with Gasteiger partial charge in [0.1, 0.15) is 0 Å². The third-order valence-electron chi connectivity index (χ3n) is 10.9. The van der Waals surface area contributed by atoms with E-state index < -0.39 is 10.0 Å². The monoisotopic (exact) mass is 789 g/mol. The van der Waals surface area contributed by atoms with Crippen molar-refractivity contribution in [2.45, 2.75) is 184 Å². The van der Waals surface area contributed by atoms with Gasteiger partial charge in [-0.05, 0) is 88.5 Å². The smallest absolute Gasteiger partial charge is 0.240 e. The molecule has 2 atom stereocenters. The van der Waals surface area contributed by atoms with Crippen LogP contribution in [0.4, 0.5) is 5.69 Å². The SMILES string of the molecule is CCCCCCCCCCCCCCCCNC(=O)[C@@H](N)CCCCN.CNS(=O)(=O)c1ccc(NC2CCCCC2)c(-c2nnn(C3CCCNC3)n2)c1. The molecular weight excluding hydrogens is 713 g/mol. The first-order chi connectivity index (χ1) is 26.8. The van der Waals surface area contributed by atoms with E-state index in [2.05, 4.69) is 43.0 Å². The summed E-state index contributed by atoms with van der Waals surface area (Å²) in [4.78, 5) is 13.7. The molecule has 314 valence electrons. The van der Waals surface area contributed by atoms with Crippen molar-refractivity contribution >= 4 is 21.6 Å². The molecule has 2 aliphatic rings. The van der Waals surface area contributed by atoms with Gasteiger partial charge in [-0.2, -0.15) is 4.80 Å². The molecule has 4 rings (SSSR count).